The first kappa shape index (κ1) is 21.0. The zero-order chi connectivity index (χ0) is 16.8. The summed E-state index contributed by atoms with van der Waals surface area (Å²) in [6.07, 6.45) is 11.7. The Labute approximate surface area is 170 Å². The average Bonchev–Trinajstić information content (AvgIpc) is 3.30. The summed E-state index contributed by atoms with van der Waals surface area (Å²) < 4.78 is 0. The van der Waals surface area contributed by atoms with Gasteiger partial charge in [-0.15, -0.1) is 24.0 Å². The van der Waals surface area contributed by atoms with Crippen molar-refractivity contribution in [2.45, 2.75) is 57.6 Å². The number of aliphatic hydroxyl groups is 1. The van der Waals surface area contributed by atoms with E-state index in [-0.39, 0.29) is 30.1 Å². The summed E-state index contributed by atoms with van der Waals surface area (Å²) in [6, 6.07) is 0.632. The van der Waals surface area contributed by atoms with Gasteiger partial charge in [-0.2, -0.15) is 0 Å². The van der Waals surface area contributed by atoms with Gasteiger partial charge in [0.05, 0.1) is 12.6 Å². The van der Waals surface area contributed by atoms with E-state index < -0.39 is 0 Å². The Morgan fingerprint density at radius 1 is 1.20 bits per heavy atom. The second-order valence-corrected chi connectivity index (χ2v) is 7.47. The van der Waals surface area contributed by atoms with E-state index in [4.69, 9.17) is 4.99 Å². The molecule has 2 unspecified atom stereocenters. The highest BCUT2D eigenvalue weighted by atomic mass is 127. The Morgan fingerprint density at radius 2 is 1.92 bits per heavy atom. The van der Waals surface area contributed by atoms with Crippen LogP contribution in [0.25, 0.3) is 0 Å². The van der Waals surface area contributed by atoms with Crippen molar-refractivity contribution in [1.82, 2.24) is 15.1 Å². The highest BCUT2D eigenvalue weighted by Gasteiger charge is 2.30. The molecular formula is C19H35IN4O. The maximum Gasteiger partial charge on any atom is 0.194 e. The molecule has 25 heavy (non-hydrogen) atoms. The average molecular weight is 462 g/mol. The van der Waals surface area contributed by atoms with Crippen LogP contribution in [0, 0.1) is 5.92 Å². The van der Waals surface area contributed by atoms with Crippen LogP contribution < -0.4 is 5.32 Å². The topological polar surface area (TPSA) is 51.1 Å². The molecule has 0 aromatic heterocycles. The molecule has 1 saturated heterocycles. The van der Waals surface area contributed by atoms with Crippen molar-refractivity contribution in [3.05, 3.63) is 12.2 Å². The molecule has 2 atom stereocenters. The third-order valence-electron chi connectivity index (χ3n) is 5.78. The molecule has 0 radical (unpaired) electrons. The first-order valence-electron chi connectivity index (χ1n) is 9.88. The van der Waals surface area contributed by atoms with Crippen LogP contribution in [0.15, 0.2) is 17.1 Å². The van der Waals surface area contributed by atoms with Crippen LogP contribution in [-0.2, 0) is 0 Å². The minimum atomic E-state index is -0.278. The smallest absolute Gasteiger partial charge is 0.194 e. The number of guanidine groups is 1. The van der Waals surface area contributed by atoms with E-state index in [0.717, 1.165) is 38.7 Å². The van der Waals surface area contributed by atoms with Crippen LogP contribution in [0.4, 0.5) is 0 Å². The molecule has 2 fully saturated rings. The zero-order valence-electron chi connectivity index (χ0n) is 15.6. The normalized spacial score (nSPS) is 26.7. The van der Waals surface area contributed by atoms with Crippen LogP contribution in [-0.4, -0.2) is 72.3 Å². The third kappa shape index (κ3) is 5.82. The molecule has 2 aliphatic heterocycles. The SMILES string of the molecule is CCNC(=NCC(O)C1CCCCC1)N1CCC(N2CC=CC2)C1.I. The van der Waals surface area contributed by atoms with E-state index in [1.54, 1.807) is 0 Å². The van der Waals surface area contributed by atoms with Gasteiger partial charge in [-0.1, -0.05) is 31.4 Å². The van der Waals surface area contributed by atoms with Gasteiger partial charge in [0, 0.05) is 38.8 Å². The van der Waals surface area contributed by atoms with Gasteiger partial charge in [0.1, 0.15) is 0 Å². The van der Waals surface area contributed by atoms with Crippen molar-refractivity contribution in [3.8, 4) is 0 Å². The molecule has 0 spiro atoms. The van der Waals surface area contributed by atoms with Crippen LogP contribution in [0.3, 0.4) is 0 Å². The summed E-state index contributed by atoms with van der Waals surface area (Å²) in [6.45, 7) is 7.83. The van der Waals surface area contributed by atoms with Gasteiger partial charge in [0.2, 0.25) is 0 Å². The van der Waals surface area contributed by atoms with Gasteiger partial charge in [-0.25, -0.2) is 0 Å². The minimum absolute atomic E-state index is 0. The molecule has 5 nitrogen and oxygen atoms in total. The molecule has 1 aliphatic carbocycles. The first-order chi connectivity index (χ1) is 11.8. The number of likely N-dealkylation sites (tertiary alicyclic amines) is 1. The lowest BCUT2D eigenvalue weighted by Gasteiger charge is -2.27. The molecule has 2 N–H and O–H groups in total. The number of hydrogen-bond acceptors (Lipinski definition) is 3. The zero-order valence-corrected chi connectivity index (χ0v) is 17.9. The molecule has 0 amide bonds. The summed E-state index contributed by atoms with van der Waals surface area (Å²) in [5, 5.41) is 13.9. The minimum Gasteiger partial charge on any atom is -0.391 e. The maximum absolute atomic E-state index is 10.5. The molecule has 3 rings (SSSR count). The quantitative estimate of drug-likeness (QED) is 0.285. The number of nitrogens with one attached hydrogen (secondary N) is 1. The fourth-order valence-electron chi connectivity index (χ4n) is 4.30. The second kappa shape index (κ2) is 10.7. The monoisotopic (exact) mass is 462 g/mol. The molecule has 0 aromatic carbocycles. The van der Waals surface area contributed by atoms with Crippen molar-refractivity contribution in [3.63, 3.8) is 0 Å². The molecule has 0 aromatic rings. The summed E-state index contributed by atoms with van der Waals surface area (Å²) in [5.41, 5.74) is 0. The van der Waals surface area contributed by atoms with Crippen molar-refractivity contribution in [1.29, 1.82) is 0 Å². The van der Waals surface area contributed by atoms with Gasteiger partial charge in [0.25, 0.3) is 0 Å². The lowest BCUT2D eigenvalue weighted by atomic mass is 9.85. The number of nitrogens with zero attached hydrogens (tertiary/aromatic N) is 3. The summed E-state index contributed by atoms with van der Waals surface area (Å²) in [7, 11) is 0. The summed E-state index contributed by atoms with van der Waals surface area (Å²) >= 11 is 0. The molecule has 144 valence electrons. The number of hydrogen-bond donors (Lipinski definition) is 2. The fourth-order valence-corrected chi connectivity index (χ4v) is 4.30. The third-order valence-corrected chi connectivity index (χ3v) is 5.78. The Kier molecular flexibility index (Phi) is 8.99. The van der Waals surface area contributed by atoms with Gasteiger partial charge in [-0.05, 0) is 32.1 Å². The van der Waals surface area contributed by atoms with E-state index in [1.165, 1.54) is 38.5 Å². The van der Waals surface area contributed by atoms with E-state index in [1.807, 2.05) is 0 Å². The van der Waals surface area contributed by atoms with Gasteiger partial charge in [0.15, 0.2) is 5.96 Å². The van der Waals surface area contributed by atoms with Crippen molar-refractivity contribution < 1.29 is 5.11 Å². The van der Waals surface area contributed by atoms with E-state index in [2.05, 4.69) is 34.2 Å². The fraction of sp³-hybridized carbons (Fsp3) is 0.842. The highest BCUT2D eigenvalue weighted by Crippen LogP contribution is 2.26. The maximum atomic E-state index is 10.5. The van der Waals surface area contributed by atoms with Gasteiger partial charge >= 0.3 is 0 Å². The van der Waals surface area contributed by atoms with E-state index in [9.17, 15) is 5.11 Å². The predicted molar refractivity (Wildman–Crippen MR) is 115 cm³/mol. The van der Waals surface area contributed by atoms with Crippen LogP contribution in [0.2, 0.25) is 0 Å². The Morgan fingerprint density at radius 3 is 2.60 bits per heavy atom. The Bertz CT molecular complexity index is 443. The Balaban J connectivity index is 0.00000225. The van der Waals surface area contributed by atoms with Gasteiger partial charge in [-0.3, -0.25) is 9.89 Å². The van der Waals surface area contributed by atoms with E-state index >= 15 is 0 Å². The number of aliphatic imine (C=N–C) groups is 1. The molecule has 1 saturated carbocycles. The molecular weight excluding hydrogens is 427 g/mol. The predicted octanol–water partition coefficient (Wildman–Crippen LogP) is 2.46. The lowest BCUT2D eigenvalue weighted by molar-refractivity contribution is 0.0921. The standard InChI is InChI=1S/C19H34N4O.HI/c1-2-20-19(21-14-18(24)16-8-4-3-5-9-16)23-13-10-17(15-23)22-11-6-7-12-22;/h6-7,16-18,24H,2-5,8-15H2,1H3,(H,20,21);1H. The highest BCUT2D eigenvalue weighted by molar-refractivity contribution is 14.0. The second-order valence-electron chi connectivity index (χ2n) is 7.47. The molecule has 0 bridgehead atoms. The first-order valence-corrected chi connectivity index (χ1v) is 9.88. The van der Waals surface area contributed by atoms with E-state index in [0.29, 0.717) is 18.5 Å². The van der Waals surface area contributed by atoms with Crippen LogP contribution >= 0.6 is 24.0 Å². The number of halogens is 1. The molecule has 3 aliphatic rings. The Hall–Kier alpha value is -0.340. The van der Waals surface area contributed by atoms with Crippen molar-refractivity contribution >= 4 is 29.9 Å². The largest absolute Gasteiger partial charge is 0.391 e. The van der Waals surface area contributed by atoms with Gasteiger partial charge < -0.3 is 15.3 Å². The van der Waals surface area contributed by atoms with Crippen LogP contribution in [0.1, 0.15) is 45.4 Å². The van der Waals surface area contributed by atoms with Crippen molar-refractivity contribution in [2.75, 3.05) is 39.3 Å². The molecule has 6 heteroatoms. The number of aliphatic hydroxyl groups excluding tert-OH is 1. The summed E-state index contributed by atoms with van der Waals surface area (Å²) in [4.78, 5) is 9.70. The van der Waals surface area contributed by atoms with Crippen LogP contribution in [0.5, 0.6) is 0 Å². The summed E-state index contributed by atoms with van der Waals surface area (Å²) in [5.74, 6) is 1.44. The molecule has 2 heterocycles. The number of rotatable bonds is 5. The van der Waals surface area contributed by atoms with Crippen molar-refractivity contribution in [2.24, 2.45) is 10.9 Å². The lowest BCUT2D eigenvalue weighted by Crippen LogP contribution is -2.43.